The summed E-state index contributed by atoms with van der Waals surface area (Å²) in [5.41, 5.74) is 0. The number of nitrogens with zero attached hydrogens (tertiary/aromatic N) is 1. The Balaban J connectivity index is 0.000001000. The Bertz CT molecular complexity index is 173. The summed E-state index contributed by atoms with van der Waals surface area (Å²) in [5, 5.41) is 1.14. The second kappa shape index (κ2) is 4.94. The first kappa shape index (κ1) is 11.2. The maximum absolute atomic E-state index is 10.8. The quantitative estimate of drug-likeness (QED) is 0.632. The van der Waals surface area contributed by atoms with Gasteiger partial charge in [0.15, 0.2) is 0 Å². The van der Waals surface area contributed by atoms with Gasteiger partial charge in [-0.15, -0.1) is 0 Å². The monoisotopic (exact) mass is 256 g/mol. The van der Waals surface area contributed by atoms with E-state index >= 15 is 0 Å². The van der Waals surface area contributed by atoms with E-state index in [0.29, 0.717) is 31.3 Å². The third-order valence-electron chi connectivity index (χ3n) is 1.24. The molecule has 1 heterocycles. The molecule has 1 aliphatic heterocycles. The van der Waals surface area contributed by atoms with Crippen molar-refractivity contribution in [2.24, 2.45) is 0 Å². The number of hydrogen-bond acceptors (Lipinski definition) is 3. The van der Waals surface area contributed by atoms with Crippen LogP contribution < -0.4 is 0 Å². The van der Waals surface area contributed by atoms with E-state index in [1.165, 1.54) is 0 Å². The van der Waals surface area contributed by atoms with Crippen LogP contribution in [0, 0.1) is 0 Å². The minimum atomic E-state index is -0.310. The summed E-state index contributed by atoms with van der Waals surface area (Å²) in [7, 11) is 0. The first-order chi connectivity index (χ1) is 4.70. The molecule has 1 amide bonds. The molecule has 1 fully saturated rings. The van der Waals surface area contributed by atoms with Crippen molar-refractivity contribution in [2.45, 2.75) is 12.8 Å². The Morgan fingerprint density at radius 3 is 2.64 bits per heavy atom. The van der Waals surface area contributed by atoms with Crippen LogP contribution in [0.5, 0.6) is 0 Å². The largest absolute Gasteiger partial charge is 0 e. The molecule has 0 atom stereocenters. The van der Waals surface area contributed by atoms with E-state index in [2.05, 4.69) is 4.84 Å². The van der Waals surface area contributed by atoms with Crippen LogP contribution in [0.1, 0.15) is 12.8 Å². The SMILES string of the molecule is O=[C]([Zn])ON1CCCC1=O.[Zn]. The number of hydroxylamine groups is 2. The average Bonchev–Trinajstić information content (AvgIpc) is 2.15. The molecular weight excluding hydrogens is 253 g/mol. The summed E-state index contributed by atoms with van der Waals surface area (Å²) in [4.78, 5) is 25.8. The van der Waals surface area contributed by atoms with Gasteiger partial charge in [-0.2, -0.15) is 0 Å². The van der Waals surface area contributed by atoms with Crippen molar-refractivity contribution in [1.82, 2.24) is 5.06 Å². The standard InChI is InChI=1S/C5H6NO3.2Zn/c7-4-9-6-3-1-2-5(6)8;;/h1-3H2;;. The van der Waals surface area contributed by atoms with Gasteiger partial charge in [-0.3, -0.25) is 0 Å². The van der Waals surface area contributed by atoms with Gasteiger partial charge in [-0.1, -0.05) is 0 Å². The van der Waals surface area contributed by atoms with Gasteiger partial charge in [0, 0.05) is 19.5 Å². The second-order valence-corrected chi connectivity index (χ2v) is 3.27. The topological polar surface area (TPSA) is 46.6 Å². The van der Waals surface area contributed by atoms with Gasteiger partial charge in [0.05, 0.1) is 0 Å². The van der Waals surface area contributed by atoms with E-state index in [-0.39, 0.29) is 29.9 Å². The van der Waals surface area contributed by atoms with E-state index < -0.39 is 0 Å². The Morgan fingerprint density at radius 2 is 2.27 bits per heavy atom. The van der Waals surface area contributed by atoms with Crippen LogP contribution >= 0.6 is 0 Å². The third kappa shape index (κ3) is 3.39. The van der Waals surface area contributed by atoms with Crippen molar-refractivity contribution in [2.75, 3.05) is 6.54 Å². The first-order valence-corrected chi connectivity index (χ1v) is 4.53. The minimum Gasteiger partial charge on any atom is 0 e. The van der Waals surface area contributed by atoms with E-state index in [1.54, 1.807) is 0 Å². The zero-order valence-electron chi connectivity index (χ0n) is 6.21. The van der Waals surface area contributed by atoms with Gasteiger partial charge in [-0.05, 0) is 0 Å². The molecule has 0 aliphatic carbocycles. The van der Waals surface area contributed by atoms with Crippen LogP contribution in [0.3, 0.4) is 0 Å². The molecule has 53 valence electrons. The van der Waals surface area contributed by atoms with Crippen molar-refractivity contribution in [3.05, 3.63) is 0 Å². The fraction of sp³-hybridized carbons (Fsp3) is 0.600. The first-order valence-electron chi connectivity index (χ1n) is 3.04. The smallest absolute Gasteiger partial charge is 0 e. The molecule has 0 radical (unpaired) electrons. The van der Waals surface area contributed by atoms with Crippen LogP contribution in [0.25, 0.3) is 0 Å². The van der Waals surface area contributed by atoms with Gasteiger partial charge in [0.25, 0.3) is 0 Å². The molecule has 6 heteroatoms. The zero-order valence-corrected chi connectivity index (χ0v) is 12.1. The van der Waals surface area contributed by atoms with Crippen molar-refractivity contribution in [3.63, 3.8) is 0 Å². The molecule has 0 unspecified atom stereocenters. The van der Waals surface area contributed by atoms with Crippen molar-refractivity contribution < 1.29 is 52.2 Å². The predicted molar refractivity (Wildman–Crippen MR) is 27.4 cm³/mol. The number of rotatable bonds is 1. The van der Waals surface area contributed by atoms with Crippen LogP contribution in [0.15, 0.2) is 0 Å². The average molecular weight is 259 g/mol. The molecular formula is C5H6NO3Zn2. The zero-order chi connectivity index (χ0) is 7.56. The molecule has 0 aromatic heterocycles. The minimum absolute atomic E-state index is 0. The maximum atomic E-state index is 10.8. The molecule has 1 aliphatic rings. The predicted octanol–water partition coefficient (Wildman–Crippen LogP) is 0.205. The van der Waals surface area contributed by atoms with Gasteiger partial charge in [0.1, 0.15) is 0 Å². The van der Waals surface area contributed by atoms with Gasteiger partial charge in [0.2, 0.25) is 0 Å². The molecule has 11 heavy (non-hydrogen) atoms. The molecule has 0 bridgehead atoms. The number of carbonyl (C=O) groups excluding carboxylic acids is 2. The fourth-order valence-electron chi connectivity index (χ4n) is 0.843. The summed E-state index contributed by atoms with van der Waals surface area (Å²) in [6, 6.07) is 0. The molecule has 1 rings (SSSR count). The van der Waals surface area contributed by atoms with E-state index in [1.807, 2.05) is 0 Å². The van der Waals surface area contributed by atoms with Crippen LogP contribution in [0.2, 0.25) is 0 Å². The van der Waals surface area contributed by atoms with E-state index in [9.17, 15) is 9.59 Å². The van der Waals surface area contributed by atoms with Gasteiger partial charge >= 0.3 is 67.6 Å². The van der Waals surface area contributed by atoms with E-state index in [4.69, 9.17) is 0 Å². The Labute approximate surface area is 87.0 Å². The number of amides is 1. The summed E-state index contributed by atoms with van der Waals surface area (Å²) in [6.45, 7) is 0.560. The Kier molecular flexibility index (Phi) is 5.03. The molecule has 1 saturated heterocycles. The van der Waals surface area contributed by atoms with Crippen molar-refractivity contribution in [3.8, 4) is 0 Å². The van der Waals surface area contributed by atoms with Crippen molar-refractivity contribution in [1.29, 1.82) is 0 Å². The summed E-state index contributed by atoms with van der Waals surface area (Å²) in [5.74, 6) is -0.0817. The van der Waals surface area contributed by atoms with Gasteiger partial charge < -0.3 is 0 Å². The molecule has 4 nitrogen and oxygen atoms in total. The van der Waals surface area contributed by atoms with Gasteiger partial charge in [-0.25, -0.2) is 0 Å². The summed E-state index contributed by atoms with van der Waals surface area (Å²) in [6.07, 6.45) is 1.30. The molecule has 0 N–H and O–H groups in total. The van der Waals surface area contributed by atoms with Crippen LogP contribution in [-0.2, 0) is 47.4 Å². The number of carbonyl (C=O) groups is 2. The third-order valence-corrected chi connectivity index (χ3v) is 1.51. The summed E-state index contributed by atoms with van der Waals surface area (Å²) < 4.78 is -0.310. The molecule has 0 aromatic carbocycles. The van der Waals surface area contributed by atoms with Crippen LogP contribution in [0.4, 0.5) is 4.79 Å². The normalized spacial score (nSPS) is 16.2. The Morgan fingerprint density at radius 1 is 1.64 bits per heavy atom. The van der Waals surface area contributed by atoms with Crippen molar-refractivity contribution >= 4 is 10.5 Å². The number of hydrogen-bond donors (Lipinski definition) is 0. The summed E-state index contributed by atoms with van der Waals surface area (Å²) >= 11 is 0.434. The van der Waals surface area contributed by atoms with E-state index in [0.717, 1.165) is 11.5 Å². The molecule has 0 aromatic rings. The molecule has 0 spiro atoms. The van der Waals surface area contributed by atoms with Crippen LogP contribution in [-0.4, -0.2) is 22.1 Å². The Hall–Kier alpha value is 0.187. The fourth-order valence-corrected chi connectivity index (χ4v) is 1.17. The second-order valence-electron chi connectivity index (χ2n) is 2.06. The molecule has 0 saturated carbocycles. The maximum Gasteiger partial charge on any atom is 0 e.